The number of thiophene rings is 1. The predicted octanol–water partition coefficient (Wildman–Crippen LogP) is 4.44. The molecule has 36 heavy (non-hydrogen) atoms. The molecule has 0 bridgehead atoms. The minimum atomic E-state index is -1.13. The van der Waals surface area contributed by atoms with Crippen LogP contribution in [0.1, 0.15) is 33.3 Å². The molecule has 0 aliphatic rings. The summed E-state index contributed by atoms with van der Waals surface area (Å²) >= 11 is 13.0. The number of carboxylic acids is 1. The van der Waals surface area contributed by atoms with Crippen LogP contribution >= 0.6 is 34.5 Å². The highest BCUT2D eigenvalue weighted by molar-refractivity contribution is 7.18. The van der Waals surface area contributed by atoms with E-state index in [1.54, 1.807) is 6.07 Å². The number of benzene rings is 2. The van der Waals surface area contributed by atoms with Gasteiger partial charge in [-0.1, -0.05) is 53.5 Å². The molecule has 0 aliphatic carbocycles. The first-order chi connectivity index (χ1) is 17.2. The van der Waals surface area contributed by atoms with Gasteiger partial charge in [0.25, 0.3) is 5.91 Å². The van der Waals surface area contributed by atoms with Crippen molar-refractivity contribution in [1.29, 1.82) is 0 Å². The molecule has 3 rings (SSSR count). The highest BCUT2D eigenvalue weighted by atomic mass is 35.5. The van der Waals surface area contributed by atoms with E-state index in [9.17, 15) is 24.3 Å². The van der Waals surface area contributed by atoms with Crippen LogP contribution in [-0.4, -0.2) is 35.5 Å². The maximum absolute atomic E-state index is 12.4. The number of hydrogen-bond donors (Lipinski definition) is 5. The monoisotopic (exact) mass is 548 g/mol. The van der Waals surface area contributed by atoms with Crippen molar-refractivity contribution in [2.45, 2.75) is 19.0 Å². The maximum atomic E-state index is 12.4. The van der Waals surface area contributed by atoms with E-state index < -0.39 is 36.3 Å². The highest BCUT2D eigenvalue weighted by Gasteiger charge is 2.20. The normalized spacial score (nSPS) is 11.3. The van der Waals surface area contributed by atoms with E-state index in [2.05, 4.69) is 21.3 Å². The molecule has 0 saturated heterocycles. The number of nitrogens with one attached hydrogen (secondary N) is 4. The number of amides is 4. The number of anilines is 1. The highest BCUT2D eigenvalue weighted by Crippen LogP contribution is 2.25. The fourth-order valence-corrected chi connectivity index (χ4v) is 4.52. The van der Waals surface area contributed by atoms with Crippen molar-refractivity contribution in [2.24, 2.45) is 0 Å². The second-order valence-electron chi connectivity index (χ2n) is 7.56. The van der Waals surface area contributed by atoms with Gasteiger partial charge >= 0.3 is 12.0 Å². The molecule has 1 unspecified atom stereocenters. The standard InChI is InChI=1S/C24H22Cl2N4O5S/c25-16-8-15(9-17(26)10-16)18(11-22(32)33)29-20(31)13-27-23(34)19-6-7-21(36-19)30-24(35)28-12-14-4-2-1-3-5-14/h1-10,18H,11-13H2,(H,27,34)(H,29,31)(H,32,33)(H2,28,30,35). The number of halogens is 2. The third-order valence-corrected chi connectivity index (χ3v) is 6.21. The summed E-state index contributed by atoms with van der Waals surface area (Å²) < 4.78 is 0. The van der Waals surface area contributed by atoms with Gasteiger partial charge in [-0.3, -0.25) is 19.7 Å². The summed E-state index contributed by atoms with van der Waals surface area (Å²) in [5.74, 6) is -2.25. The molecule has 1 heterocycles. The lowest BCUT2D eigenvalue weighted by molar-refractivity contribution is -0.137. The Morgan fingerprint density at radius 2 is 1.61 bits per heavy atom. The van der Waals surface area contributed by atoms with Crippen molar-refractivity contribution in [1.82, 2.24) is 16.0 Å². The fourth-order valence-electron chi connectivity index (χ4n) is 3.16. The lowest BCUT2D eigenvalue weighted by Crippen LogP contribution is -2.39. The van der Waals surface area contributed by atoms with E-state index >= 15 is 0 Å². The van der Waals surface area contributed by atoms with E-state index in [0.717, 1.165) is 16.9 Å². The lowest BCUT2D eigenvalue weighted by atomic mass is 10.0. The number of carbonyl (C=O) groups is 4. The van der Waals surface area contributed by atoms with E-state index in [0.29, 0.717) is 27.2 Å². The number of rotatable bonds is 10. The summed E-state index contributed by atoms with van der Waals surface area (Å²) in [7, 11) is 0. The molecule has 9 nitrogen and oxygen atoms in total. The second-order valence-corrected chi connectivity index (χ2v) is 9.52. The van der Waals surface area contributed by atoms with Crippen molar-refractivity contribution in [3.63, 3.8) is 0 Å². The molecule has 1 aromatic heterocycles. The number of carboxylic acid groups (broad SMARTS) is 1. The third-order valence-electron chi connectivity index (χ3n) is 4.77. The first-order valence-corrected chi connectivity index (χ1v) is 12.2. The van der Waals surface area contributed by atoms with Crippen molar-refractivity contribution in [2.75, 3.05) is 11.9 Å². The van der Waals surface area contributed by atoms with Gasteiger partial charge in [0.1, 0.15) is 0 Å². The van der Waals surface area contributed by atoms with Crippen LogP contribution in [-0.2, 0) is 16.1 Å². The van der Waals surface area contributed by atoms with Crippen LogP contribution in [0.4, 0.5) is 9.80 Å². The molecule has 0 spiro atoms. The van der Waals surface area contributed by atoms with Crippen molar-refractivity contribution in [3.8, 4) is 0 Å². The summed E-state index contributed by atoms with van der Waals surface area (Å²) in [5.41, 5.74) is 1.37. The quantitative estimate of drug-likeness (QED) is 0.255. The Labute approximate surface area is 220 Å². The van der Waals surface area contributed by atoms with Gasteiger partial charge in [-0.05, 0) is 41.5 Å². The minimum Gasteiger partial charge on any atom is -0.481 e. The van der Waals surface area contributed by atoms with Crippen LogP contribution < -0.4 is 21.3 Å². The molecule has 1 atom stereocenters. The zero-order valence-electron chi connectivity index (χ0n) is 18.7. The molecule has 0 aliphatic heterocycles. The summed E-state index contributed by atoms with van der Waals surface area (Å²) in [4.78, 5) is 48.5. The molecule has 3 aromatic rings. The largest absolute Gasteiger partial charge is 0.481 e. The summed E-state index contributed by atoms with van der Waals surface area (Å²) in [6.45, 7) is -0.0355. The smallest absolute Gasteiger partial charge is 0.320 e. The van der Waals surface area contributed by atoms with Crippen LogP contribution in [0.3, 0.4) is 0 Å². The minimum absolute atomic E-state index is 0.282. The van der Waals surface area contributed by atoms with Gasteiger partial charge in [-0.15, -0.1) is 11.3 Å². The van der Waals surface area contributed by atoms with Crippen molar-refractivity contribution >= 4 is 63.4 Å². The number of hydrogen-bond acceptors (Lipinski definition) is 5. The molecule has 5 N–H and O–H groups in total. The Morgan fingerprint density at radius 1 is 0.917 bits per heavy atom. The Kier molecular flexibility index (Phi) is 9.69. The van der Waals surface area contributed by atoms with Gasteiger partial charge in [-0.25, -0.2) is 4.79 Å². The topological polar surface area (TPSA) is 137 Å². The molecule has 2 aromatic carbocycles. The van der Waals surface area contributed by atoms with Crippen LogP contribution in [0.25, 0.3) is 0 Å². The van der Waals surface area contributed by atoms with Gasteiger partial charge < -0.3 is 21.1 Å². The predicted molar refractivity (Wildman–Crippen MR) is 139 cm³/mol. The van der Waals surface area contributed by atoms with Crippen LogP contribution in [0.15, 0.2) is 60.7 Å². The van der Waals surface area contributed by atoms with E-state index in [-0.39, 0.29) is 11.4 Å². The van der Waals surface area contributed by atoms with Gasteiger partial charge in [0.2, 0.25) is 5.91 Å². The Balaban J connectivity index is 1.50. The Bertz CT molecular complexity index is 1230. The van der Waals surface area contributed by atoms with Gasteiger partial charge in [-0.2, -0.15) is 0 Å². The fraction of sp³-hybridized carbons (Fsp3) is 0.167. The number of carbonyl (C=O) groups excluding carboxylic acids is 3. The SMILES string of the molecule is O=C(O)CC(NC(=O)CNC(=O)c1ccc(NC(=O)NCc2ccccc2)s1)c1cc(Cl)cc(Cl)c1. The van der Waals surface area contributed by atoms with Gasteiger partial charge in [0, 0.05) is 16.6 Å². The average molecular weight is 549 g/mol. The number of urea groups is 1. The second kappa shape index (κ2) is 12.9. The van der Waals surface area contributed by atoms with Crippen LogP contribution in [0.5, 0.6) is 0 Å². The van der Waals surface area contributed by atoms with Gasteiger partial charge in [0.15, 0.2) is 0 Å². The van der Waals surface area contributed by atoms with E-state index in [1.807, 2.05) is 30.3 Å². The van der Waals surface area contributed by atoms with Crippen LogP contribution in [0, 0.1) is 0 Å². The Hall–Kier alpha value is -3.60. The molecular formula is C24H22Cl2N4O5S. The summed E-state index contributed by atoms with van der Waals surface area (Å²) in [6, 6.07) is 15.7. The average Bonchev–Trinajstić information content (AvgIpc) is 3.29. The molecular weight excluding hydrogens is 527 g/mol. The third kappa shape index (κ3) is 8.56. The molecule has 0 fully saturated rings. The first-order valence-electron chi connectivity index (χ1n) is 10.6. The zero-order chi connectivity index (χ0) is 26.1. The molecule has 4 amide bonds. The zero-order valence-corrected chi connectivity index (χ0v) is 21.0. The lowest BCUT2D eigenvalue weighted by Gasteiger charge is -2.18. The summed E-state index contributed by atoms with van der Waals surface area (Å²) in [5, 5.41) is 20.7. The van der Waals surface area contributed by atoms with Crippen molar-refractivity contribution < 1.29 is 24.3 Å². The van der Waals surface area contributed by atoms with Gasteiger partial charge in [0.05, 0.1) is 28.9 Å². The van der Waals surface area contributed by atoms with E-state index in [1.165, 1.54) is 24.3 Å². The van der Waals surface area contributed by atoms with E-state index in [4.69, 9.17) is 23.2 Å². The molecule has 0 radical (unpaired) electrons. The van der Waals surface area contributed by atoms with Crippen molar-refractivity contribution in [3.05, 3.63) is 86.7 Å². The molecule has 12 heteroatoms. The maximum Gasteiger partial charge on any atom is 0.320 e. The van der Waals surface area contributed by atoms with Crippen LogP contribution in [0.2, 0.25) is 10.0 Å². The molecule has 0 saturated carbocycles. The summed E-state index contributed by atoms with van der Waals surface area (Å²) in [6.07, 6.45) is -0.400. The first kappa shape index (κ1) is 27.0. The number of aliphatic carboxylic acids is 1. The Morgan fingerprint density at radius 3 is 2.28 bits per heavy atom. The molecule has 188 valence electrons.